The minimum absolute atomic E-state index is 0.148. The lowest BCUT2D eigenvalue weighted by atomic mass is 9.92. The smallest absolute Gasteiger partial charge is 0.340 e. The lowest BCUT2D eigenvalue weighted by Crippen LogP contribution is -2.25. The Morgan fingerprint density at radius 1 is 1.32 bits per heavy atom. The molecule has 1 rings (SSSR count). The molecule has 1 aromatic heterocycles. The van der Waals surface area contributed by atoms with Gasteiger partial charge in [0.05, 0.1) is 11.3 Å². The molecular formula is C14H22N2O2S. The minimum Gasteiger partial charge on any atom is -0.456 e. The van der Waals surface area contributed by atoms with E-state index in [1.165, 1.54) is 11.3 Å². The van der Waals surface area contributed by atoms with E-state index in [2.05, 4.69) is 4.98 Å². The summed E-state index contributed by atoms with van der Waals surface area (Å²) >= 11 is 1.31. The summed E-state index contributed by atoms with van der Waals surface area (Å²) in [7, 11) is 0. The Bertz CT molecular complexity index is 490. The summed E-state index contributed by atoms with van der Waals surface area (Å²) in [5, 5.41) is 2.22. The number of carbonyl (C=O) groups is 1. The van der Waals surface area contributed by atoms with Gasteiger partial charge >= 0.3 is 5.97 Å². The Balaban J connectivity index is 3.15. The third-order valence-electron chi connectivity index (χ3n) is 1.99. The van der Waals surface area contributed by atoms with Crippen molar-refractivity contribution in [2.45, 2.75) is 47.1 Å². The fourth-order valence-corrected chi connectivity index (χ4v) is 1.98. The monoisotopic (exact) mass is 282 g/mol. The number of nitrogens with zero attached hydrogens (tertiary/aromatic N) is 1. The molecule has 5 heteroatoms. The van der Waals surface area contributed by atoms with Crippen LogP contribution < -0.4 is 5.73 Å². The number of thiazole rings is 1. The van der Waals surface area contributed by atoms with Crippen LogP contribution in [0.5, 0.6) is 0 Å². The van der Waals surface area contributed by atoms with E-state index in [-0.39, 0.29) is 11.4 Å². The SMILES string of the molecule is CC(C)(C)C=C(C(=O)OC(C)(C)C)c1csc(N)n1. The molecule has 0 radical (unpaired) electrons. The number of esters is 1. The summed E-state index contributed by atoms with van der Waals surface area (Å²) in [6.45, 7) is 11.6. The first-order valence-electron chi connectivity index (χ1n) is 6.15. The molecular weight excluding hydrogens is 260 g/mol. The van der Waals surface area contributed by atoms with Gasteiger partial charge < -0.3 is 10.5 Å². The van der Waals surface area contributed by atoms with Crippen LogP contribution in [0.4, 0.5) is 5.13 Å². The maximum atomic E-state index is 12.3. The molecule has 0 bridgehead atoms. The van der Waals surface area contributed by atoms with Gasteiger partial charge in [0.1, 0.15) is 5.60 Å². The van der Waals surface area contributed by atoms with Crippen molar-refractivity contribution in [3.05, 3.63) is 17.2 Å². The van der Waals surface area contributed by atoms with E-state index in [0.29, 0.717) is 16.4 Å². The number of carbonyl (C=O) groups excluding carboxylic acids is 1. The second-order valence-corrected chi connectivity index (χ2v) is 7.39. The second kappa shape index (κ2) is 5.33. The van der Waals surface area contributed by atoms with Gasteiger partial charge in [-0.3, -0.25) is 0 Å². The average Bonchev–Trinajstić information content (AvgIpc) is 2.56. The number of nitrogen functional groups attached to an aromatic ring is 1. The van der Waals surface area contributed by atoms with Crippen molar-refractivity contribution in [1.82, 2.24) is 4.98 Å². The first-order chi connectivity index (χ1) is 8.48. The van der Waals surface area contributed by atoms with Crippen LogP contribution in [0.3, 0.4) is 0 Å². The maximum absolute atomic E-state index is 12.3. The molecule has 19 heavy (non-hydrogen) atoms. The Kier molecular flexibility index (Phi) is 4.40. The molecule has 0 spiro atoms. The van der Waals surface area contributed by atoms with Crippen LogP contribution in [0.1, 0.15) is 47.2 Å². The van der Waals surface area contributed by atoms with E-state index in [1.54, 1.807) is 5.38 Å². The number of anilines is 1. The van der Waals surface area contributed by atoms with Crippen LogP contribution in [0, 0.1) is 5.41 Å². The number of aromatic nitrogens is 1. The van der Waals surface area contributed by atoms with Crippen molar-refractivity contribution in [1.29, 1.82) is 0 Å². The number of rotatable bonds is 2. The first kappa shape index (κ1) is 15.7. The van der Waals surface area contributed by atoms with E-state index in [9.17, 15) is 4.79 Å². The van der Waals surface area contributed by atoms with E-state index < -0.39 is 5.60 Å². The van der Waals surface area contributed by atoms with Crippen molar-refractivity contribution >= 4 is 28.0 Å². The van der Waals surface area contributed by atoms with Crippen molar-refractivity contribution in [2.75, 3.05) is 5.73 Å². The standard InChI is InChI=1S/C14H22N2O2S/c1-13(2,3)7-9(10-8-19-12(15)16-10)11(17)18-14(4,5)6/h7-8H,1-6H3,(H2,15,16). The van der Waals surface area contributed by atoms with Gasteiger partial charge in [0, 0.05) is 5.38 Å². The normalized spacial score (nSPS) is 13.5. The molecule has 0 fully saturated rings. The number of hydrogen-bond acceptors (Lipinski definition) is 5. The molecule has 0 atom stereocenters. The molecule has 0 amide bonds. The topological polar surface area (TPSA) is 65.2 Å². The highest BCUT2D eigenvalue weighted by molar-refractivity contribution is 7.13. The van der Waals surface area contributed by atoms with Crippen LogP contribution >= 0.6 is 11.3 Å². The van der Waals surface area contributed by atoms with Gasteiger partial charge in [0.2, 0.25) is 0 Å². The zero-order chi connectivity index (χ0) is 14.8. The lowest BCUT2D eigenvalue weighted by molar-refractivity contribution is -0.147. The molecule has 1 heterocycles. The third-order valence-corrected chi connectivity index (χ3v) is 2.67. The second-order valence-electron chi connectivity index (χ2n) is 6.50. The molecule has 0 aliphatic carbocycles. The number of ether oxygens (including phenoxy) is 1. The Morgan fingerprint density at radius 3 is 2.26 bits per heavy atom. The Hall–Kier alpha value is -1.36. The number of allylic oxidation sites excluding steroid dienone is 1. The van der Waals surface area contributed by atoms with Gasteiger partial charge in [-0.25, -0.2) is 9.78 Å². The molecule has 4 nitrogen and oxygen atoms in total. The Morgan fingerprint density at radius 2 is 1.89 bits per heavy atom. The highest BCUT2D eigenvalue weighted by atomic mass is 32.1. The summed E-state index contributed by atoms with van der Waals surface area (Å²) in [6.07, 6.45) is 1.87. The predicted molar refractivity (Wildman–Crippen MR) is 79.8 cm³/mol. The van der Waals surface area contributed by atoms with Gasteiger partial charge in [-0.05, 0) is 26.2 Å². The number of hydrogen-bond donors (Lipinski definition) is 1. The van der Waals surface area contributed by atoms with Crippen molar-refractivity contribution in [3.63, 3.8) is 0 Å². The van der Waals surface area contributed by atoms with Crippen molar-refractivity contribution < 1.29 is 9.53 Å². The number of nitrogens with two attached hydrogens (primary N) is 1. The molecule has 106 valence electrons. The van der Waals surface area contributed by atoms with Gasteiger partial charge in [-0.15, -0.1) is 11.3 Å². The maximum Gasteiger partial charge on any atom is 0.340 e. The summed E-state index contributed by atoms with van der Waals surface area (Å²) in [4.78, 5) is 16.5. The third kappa shape index (κ3) is 5.42. The van der Waals surface area contributed by atoms with Crippen LogP contribution in [-0.4, -0.2) is 16.6 Å². The highest BCUT2D eigenvalue weighted by Gasteiger charge is 2.24. The fraction of sp³-hybridized carbons (Fsp3) is 0.571. The van der Waals surface area contributed by atoms with Crippen LogP contribution in [0.15, 0.2) is 11.5 Å². The van der Waals surface area contributed by atoms with Gasteiger partial charge in [0.25, 0.3) is 0 Å². The molecule has 0 aliphatic rings. The van der Waals surface area contributed by atoms with E-state index in [4.69, 9.17) is 10.5 Å². The van der Waals surface area contributed by atoms with Gasteiger partial charge in [0.15, 0.2) is 5.13 Å². The van der Waals surface area contributed by atoms with Crippen molar-refractivity contribution in [2.24, 2.45) is 5.41 Å². The van der Waals surface area contributed by atoms with Crippen LogP contribution in [0.25, 0.3) is 5.57 Å². The Labute approximate surface area is 118 Å². The summed E-state index contributed by atoms with van der Waals surface area (Å²) in [5.41, 5.74) is 6.00. The molecule has 1 aromatic rings. The van der Waals surface area contributed by atoms with Gasteiger partial charge in [-0.2, -0.15) is 0 Å². The van der Waals surface area contributed by atoms with E-state index in [0.717, 1.165) is 0 Å². The van der Waals surface area contributed by atoms with Crippen LogP contribution in [-0.2, 0) is 9.53 Å². The summed E-state index contributed by atoms with van der Waals surface area (Å²) in [5.74, 6) is -0.368. The zero-order valence-corrected chi connectivity index (χ0v) is 13.2. The van der Waals surface area contributed by atoms with Crippen LogP contribution in [0.2, 0.25) is 0 Å². The molecule has 0 unspecified atom stereocenters. The highest BCUT2D eigenvalue weighted by Crippen LogP contribution is 2.27. The fourth-order valence-electron chi connectivity index (χ4n) is 1.41. The first-order valence-corrected chi connectivity index (χ1v) is 7.03. The minimum atomic E-state index is -0.532. The average molecular weight is 282 g/mol. The van der Waals surface area contributed by atoms with Crippen molar-refractivity contribution in [3.8, 4) is 0 Å². The van der Waals surface area contributed by atoms with E-state index in [1.807, 2.05) is 47.6 Å². The largest absolute Gasteiger partial charge is 0.456 e. The predicted octanol–water partition coefficient (Wildman–Crippen LogP) is 3.50. The van der Waals surface area contributed by atoms with E-state index >= 15 is 0 Å². The molecule has 2 N–H and O–H groups in total. The molecule has 0 saturated heterocycles. The quantitative estimate of drug-likeness (QED) is 0.666. The summed E-state index contributed by atoms with van der Waals surface area (Å²) < 4.78 is 5.43. The molecule has 0 aromatic carbocycles. The molecule has 0 aliphatic heterocycles. The lowest BCUT2D eigenvalue weighted by Gasteiger charge is -2.21. The summed E-state index contributed by atoms with van der Waals surface area (Å²) in [6, 6.07) is 0. The van der Waals surface area contributed by atoms with Gasteiger partial charge in [-0.1, -0.05) is 26.8 Å². The zero-order valence-electron chi connectivity index (χ0n) is 12.4. The molecule has 0 saturated carbocycles.